The molecule has 2 fully saturated rings. The number of anilines is 2. The van der Waals surface area contributed by atoms with Crippen LogP contribution in [-0.2, 0) is 0 Å². The van der Waals surface area contributed by atoms with E-state index in [1.165, 1.54) is 25.7 Å². The first kappa shape index (κ1) is 14.4. The van der Waals surface area contributed by atoms with Gasteiger partial charge >= 0.3 is 0 Å². The molecule has 2 heterocycles. The van der Waals surface area contributed by atoms with E-state index in [1.54, 1.807) is 6.33 Å². The van der Waals surface area contributed by atoms with Crippen LogP contribution >= 0.6 is 0 Å². The summed E-state index contributed by atoms with van der Waals surface area (Å²) >= 11 is 0. The summed E-state index contributed by atoms with van der Waals surface area (Å²) < 4.78 is 5.46. The van der Waals surface area contributed by atoms with E-state index < -0.39 is 0 Å². The molecule has 1 aliphatic carbocycles. The number of nitrogen functional groups attached to an aromatic ring is 1. The number of hydrogen-bond donors (Lipinski definition) is 1. The summed E-state index contributed by atoms with van der Waals surface area (Å²) in [5.41, 5.74) is 6.72. The Morgan fingerprint density at radius 2 is 1.90 bits per heavy atom. The molecule has 0 spiro atoms. The van der Waals surface area contributed by atoms with Crippen LogP contribution in [0.5, 0.6) is 5.88 Å². The Morgan fingerprint density at radius 1 is 1.19 bits per heavy atom. The lowest BCUT2D eigenvalue weighted by atomic mass is 10.2. The topological polar surface area (TPSA) is 67.5 Å². The number of aromatic nitrogens is 2. The Balaban J connectivity index is 1.65. The third-order valence-corrected chi connectivity index (χ3v) is 4.56. The van der Waals surface area contributed by atoms with Crippen LogP contribution in [0.4, 0.5) is 11.5 Å². The number of ether oxygens (including phenoxy) is 1. The lowest BCUT2D eigenvalue weighted by Crippen LogP contribution is -2.50. The van der Waals surface area contributed by atoms with Gasteiger partial charge in [-0.1, -0.05) is 12.8 Å². The van der Waals surface area contributed by atoms with Gasteiger partial charge in [-0.05, 0) is 19.8 Å². The fourth-order valence-electron chi connectivity index (χ4n) is 3.44. The molecule has 6 heteroatoms. The van der Waals surface area contributed by atoms with Crippen LogP contribution in [0.1, 0.15) is 32.6 Å². The predicted molar refractivity (Wildman–Crippen MR) is 83.7 cm³/mol. The quantitative estimate of drug-likeness (QED) is 0.907. The molecule has 1 aliphatic heterocycles. The van der Waals surface area contributed by atoms with Crippen LogP contribution in [0.3, 0.4) is 0 Å². The first-order valence-corrected chi connectivity index (χ1v) is 8.02. The minimum Gasteiger partial charge on any atom is -0.476 e. The Kier molecular flexibility index (Phi) is 4.43. The first-order valence-electron chi connectivity index (χ1n) is 8.02. The molecule has 1 aromatic rings. The van der Waals surface area contributed by atoms with Gasteiger partial charge in [-0.3, -0.25) is 4.90 Å². The summed E-state index contributed by atoms with van der Waals surface area (Å²) in [6, 6.07) is 0.800. The Hall–Kier alpha value is -1.56. The van der Waals surface area contributed by atoms with Gasteiger partial charge < -0.3 is 15.4 Å². The lowest BCUT2D eigenvalue weighted by Gasteiger charge is -2.38. The minimum absolute atomic E-state index is 0.501. The molecule has 1 aromatic heterocycles. The van der Waals surface area contributed by atoms with Gasteiger partial charge in [0.05, 0.1) is 6.61 Å². The van der Waals surface area contributed by atoms with Gasteiger partial charge in [-0.15, -0.1) is 0 Å². The van der Waals surface area contributed by atoms with E-state index in [1.807, 2.05) is 6.92 Å². The number of rotatable bonds is 4. The third kappa shape index (κ3) is 3.05. The van der Waals surface area contributed by atoms with Crippen molar-refractivity contribution < 1.29 is 4.74 Å². The molecule has 1 saturated heterocycles. The molecular weight excluding hydrogens is 266 g/mol. The minimum atomic E-state index is 0.501. The standard InChI is InChI=1S/C15H25N5O/c1-2-21-15-13(16)14(17-11-18-15)20-9-7-19(8-10-20)12-5-3-4-6-12/h11-12H,2-10,16H2,1H3. The van der Waals surface area contributed by atoms with E-state index in [2.05, 4.69) is 19.8 Å². The molecular formula is C15H25N5O. The van der Waals surface area contributed by atoms with Crippen LogP contribution in [0.2, 0.25) is 0 Å². The normalized spacial score (nSPS) is 20.9. The zero-order chi connectivity index (χ0) is 14.7. The van der Waals surface area contributed by atoms with E-state index in [0.717, 1.165) is 38.0 Å². The number of nitrogens with two attached hydrogens (primary N) is 1. The van der Waals surface area contributed by atoms with Crippen molar-refractivity contribution in [2.45, 2.75) is 38.6 Å². The van der Waals surface area contributed by atoms with Crippen molar-refractivity contribution in [1.82, 2.24) is 14.9 Å². The summed E-state index contributed by atoms with van der Waals surface area (Å²) in [5.74, 6) is 1.32. The van der Waals surface area contributed by atoms with Crippen molar-refractivity contribution in [1.29, 1.82) is 0 Å². The summed E-state index contributed by atoms with van der Waals surface area (Å²) in [7, 11) is 0. The molecule has 3 rings (SSSR count). The smallest absolute Gasteiger partial charge is 0.242 e. The van der Waals surface area contributed by atoms with Crippen molar-refractivity contribution in [3.8, 4) is 5.88 Å². The predicted octanol–water partition coefficient (Wildman–Crippen LogP) is 1.52. The highest BCUT2D eigenvalue weighted by Crippen LogP contribution is 2.30. The molecule has 0 radical (unpaired) electrons. The van der Waals surface area contributed by atoms with Crippen molar-refractivity contribution >= 4 is 11.5 Å². The van der Waals surface area contributed by atoms with Crippen LogP contribution in [-0.4, -0.2) is 53.7 Å². The summed E-state index contributed by atoms with van der Waals surface area (Å²) in [4.78, 5) is 13.3. The third-order valence-electron chi connectivity index (χ3n) is 4.56. The molecule has 0 unspecified atom stereocenters. The number of piperazine rings is 1. The van der Waals surface area contributed by atoms with Gasteiger partial charge in [-0.25, -0.2) is 4.98 Å². The van der Waals surface area contributed by atoms with Gasteiger partial charge in [0.2, 0.25) is 5.88 Å². The molecule has 0 aromatic carbocycles. The van der Waals surface area contributed by atoms with Crippen molar-refractivity contribution in [2.75, 3.05) is 43.4 Å². The molecule has 21 heavy (non-hydrogen) atoms. The number of nitrogens with zero attached hydrogens (tertiary/aromatic N) is 4. The molecule has 0 amide bonds. The van der Waals surface area contributed by atoms with Crippen LogP contribution < -0.4 is 15.4 Å². The Bertz CT molecular complexity index is 467. The average Bonchev–Trinajstić information content (AvgIpc) is 3.04. The fraction of sp³-hybridized carbons (Fsp3) is 0.733. The van der Waals surface area contributed by atoms with Crippen LogP contribution in [0.25, 0.3) is 0 Å². The van der Waals surface area contributed by atoms with E-state index in [0.29, 0.717) is 18.2 Å². The van der Waals surface area contributed by atoms with Gasteiger partial charge in [0.15, 0.2) is 5.82 Å². The highest BCUT2D eigenvalue weighted by molar-refractivity contribution is 5.67. The zero-order valence-corrected chi connectivity index (χ0v) is 12.8. The maximum absolute atomic E-state index is 6.15. The highest BCUT2D eigenvalue weighted by atomic mass is 16.5. The molecule has 2 aliphatic rings. The fourth-order valence-corrected chi connectivity index (χ4v) is 3.44. The average molecular weight is 291 g/mol. The molecule has 116 valence electrons. The summed E-state index contributed by atoms with van der Waals surface area (Å²) in [6.07, 6.45) is 7.05. The van der Waals surface area contributed by atoms with Crippen molar-refractivity contribution in [3.63, 3.8) is 0 Å². The SMILES string of the molecule is CCOc1ncnc(N2CCN(C3CCCC3)CC2)c1N. The zero-order valence-electron chi connectivity index (χ0n) is 12.8. The maximum Gasteiger partial charge on any atom is 0.242 e. The summed E-state index contributed by atoms with van der Waals surface area (Å²) in [6.45, 7) is 6.64. The molecule has 2 N–H and O–H groups in total. The molecule has 6 nitrogen and oxygen atoms in total. The number of hydrogen-bond acceptors (Lipinski definition) is 6. The van der Waals surface area contributed by atoms with Gasteiger partial charge in [0, 0.05) is 32.2 Å². The highest BCUT2D eigenvalue weighted by Gasteiger charge is 2.27. The first-order chi connectivity index (χ1) is 10.3. The Morgan fingerprint density at radius 3 is 2.57 bits per heavy atom. The van der Waals surface area contributed by atoms with Crippen LogP contribution in [0.15, 0.2) is 6.33 Å². The van der Waals surface area contributed by atoms with Crippen LogP contribution in [0, 0.1) is 0 Å². The van der Waals surface area contributed by atoms with Crippen molar-refractivity contribution in [2.24, 2.45) is 0 Å². The Labute approximate surface area is 126 Å². The largest absolute Gasteiger partial charge is 0.476 e. The molecule has 0 atom stereocenters. The van der Waals surface area contributed by atoms with E-state index in [9.17, 15) is 0 Å². The second kappa shape index (κ2) is 6.47. The maximum atomic E-state index is 6.15. The van der Waals surface area contributed by atoms with E-state index in [4.69, 9.17) is 10.5 Å². The summed E-state index contributed by atoms with van der Waals surface area (Å²) in [5, 5.41) is 0. The lowest BCUT2D eigenvalue weighted by molar-refractivity contribution is 0.187. The van der Waals surface area contributed by atoms with E-state index >= 15 is 0 Å². The van der Waals surface area contributed by atoms with Gasteiger partial charge in [0.25, 0.3) is 0 Å². The molecule has 1 saturated carbocycles. The van der Waals surface area contributed by atoms with Gasteiger partial charge in [-0.2, -0.15) is 4.98 Å². The van der Waals surface area contributed by atoms with Crippen molar-refractivity contribution in [3.05, 3.63) is 6.33 Å². The monoisotopic (exact) mass is 291 g/mol. The van der Waals surface area contributed by atoms with E-state index in [-0.39, 0.29) is 0 Å². The van der Waals surface area contributed by atoms with Gasteiger partial charge in [0.1, 0.15) is 12.0 Å². The molecule has 0 bridgehead atoms. The second-order valence-corrected chi connectivity index (χ2v) is 5.81. The second-order valence-electron chi connectivity index (χ2n) is 5.81.